The van der Waals surface area contributed by atoms with E-state index in [2.05, 4.69) is 0 Å². The molecule has 1 N–H and O–H groups in total. The molecular formula is C22H20Cl3NO3. The van der Waals surface area contributed by atoms with Crippen molar-refractivity contribution in [2.45, 2.75) is 25.8 Å². The number of imide groups is 1. The molecule has 29 heavy (non-hydrogen) atoms. The number of carboxylic acid groups (broad SMARTS) is 1. The van der Waals surface area contributed by atoms with Gasteiger partial charge in [-0.15, -0.1) is 0 Å². The van der Waals surface area contributed by atoms with Crippen LogP contribution in [0.3, 0.4) is 0 Å². The molecule has 152 valence electrons. The number of carbonyl (C=O) groups is 2. The molecule has 2 aromatic rings. The van der Waals surface area contributed by atoms with Crippen molar-refractivity contribution < 1.29 is 14.7 Å². The summed E-state index contributed by atoms with van der Waals surface area (Å²) in [6.45, 7) is 1.71. The van der Waals surface area contributed by atoms with Gasteiger partial charge in [-0.2, -0.15) is 0 Å². The van der Waals surface area contributed by atoms with Gasteiger partial charge >= 0.3 is 6.09 Å². The molecule has 4 nitrogen and oxygen atoms in total. The van der Waals surface area contributed by atoms with Gasteiger partial charge in [0.1, 0.15) is 0 Å². The van der Waals surface area contributed by atoms with Gasteiger partial charge in [-0.1, -0.05) is 71.2 Å². The third-order valence-corrected chi connectivity index (χ3v) is 5.05. The van der Waals surface area contributed by atoms with Crippen LogP contribution in [0, 0.1) is 0 Å². The Morgan fingerprint density at radius 1 is 1.03 bits per heavy atom. The summed E-state index contributed by atoms with van der Waals surface area (Å²) in [6.07, 6.45) is 5.87. The van der Waals surface area contributed by atoms with Gasteiger partial charge in [0.25, 0.3) is 5.91 Å². The molecule has 1 atom stereocenters. The molecule has 0 radical (unpaired) electrons. The van der Waals surface area contributed by atoms with Crippen molar-refractivity contribution in [3.63, 3.8) is 0 Å². The van der Waals surface area contributed by atoms with E-state index in [0.717, 1.165) is 16.0 Å². The maximum Gasteiger partial charge on any atom is 0.414 e. The van der Waals surface area contributed by atoms with E-state index < -0.39 is 18.0 Å². The molecule has 0 aliphatic carbocycles. The van der Waals surface area contributed by atoms with Crippen LogP contribution >= 0.6 is 34.8 Å². The van der Waals surface area contributed by atoms with Gasteiger partial charge in [-0.3, -0.25) is 4.79 Å². The summed E-state index contributed by atoms with van der Waals surface area (Å²) < 4.78 is 0. The van der Waals surface area contributed by atoms with Gasteiger partial charge in [0.15, 0.2) is 0 Å². The lowest BCUT2D eigenvalue weighted by Gasteiger charge is -2.23. The van der Waals surface area contributed by atoms with Crippen LogP contribution in [0.15, 0.2) is 60.7 Å². The van der Waals surface area contributed by atoms with Crippen LogP contribution in [0.4, 0.5) is 4.79 Å². The van der Waals surface area contributed by atoms with E-state index in [1.807, 2.05) is 12.1 Å². The summed E-state index contributed by atoms with van der Waals surface area (Å²) in [4.78, 5) is 24.8. The minimum atomic E-state index is -1.28. The SMILES string of the molecule is CC(CCc1ccc(Cl)cc1)N(C(=O)O)C(=O)C=CC=Cc1ccc(Cl)cc1Cl. The summed E-state index contributed by atoms with van der Waals surface area (Å²) >= 11 is 17.8. The van der Waals surface area contributed by atoms with E-state index in [-0.39, 0.29) is 0 Å². The molecule has 2 aromatic carbocycles. The molecule has 0 aliphatic heterocycles. The van der Waals surface area contributed by atoms with Crippen molar-refractivity contribution in [3.8, 4) is 0 Å². The average molecular weight is 453 g/mol. The van der Waals surface area contributed by atoms with Crippen molar-refractivity contribution in [2.24, 2.45) is 0 Å². The highest BCUT2D eigenvalue weighted by molar-refractivity contribution is 6.35. The summed E-state index contributed by atoms with van der Waals surface area (Å²) in [5.41, 5.74) is 1.76. The number of benzene rings is 2. The summed E-state index contributed by atoms with van der Waals surface area (Å²) in [7, 11) is 0. The van der Waals surface area contributed by atoms with Crippen molar-refractivity contribution in [1.29, 1.82) is 0 Å². The molecule has 1 unspecified atom stereocenters. The minimum absolute atomic E-state index is 0.477. The number of rotatable bonds is 7. The lowest BCUT2D eigenvalue weighted by Crippen LogP contribution is -2.41. The van der Waals surface area contributed by atoms with E-state index in [1.165, 1.54) is 12.2 Å². The molecule has 0 fully saturated rings. The number of carbonyl (C=O) groups excluding carboxylic acids is 1. The second-order valence-corrected chi connectivity index (χ2v) is 7.67. The molecule has 0 spiro atoms. The van der Waals surface area contributed by atoms with Crippen LogP contribution < -0.4 is 0 Å². The second kappa shape index (κ2) is 11.1. The average Bonchev–Trinajstić information content (AvgIpc) is 2.66. The van der Waals surface area contributed by atoms with Crippen molar-refractivity contribution in [3.05, 3.63) is 86.9 Å². The lowest BCUT2D eigenvalue weighted by atomic mass is 10.1. The predicted molar refractivity (Wildman–Crippen MR) is 119 cm³/mol. The number of halogens is 3. The van der Waals surface area contributed by atoms with Gasteiger partial charge < -0.3 is 5.11 Å². The van der Waals surface area contributed by atoms with Gasteiger partial charge in [0.2, 0.25) is 0 Å². The third-order valence-electron chi connectivity index (χ3n) is 4.24. The molecule has 0 heterocycles. The van der Waals surface area contributed by atoms with E-state index in [9.17, 15) is 14.7 Å². The molecule has 2 rings (SSSR count). The van der Waals surface area contributed by atoms with Gasteiger partial charge in [-0.05, 0) is 55.2 Å². The summed E-state index contributed by atoms with van der Waals surface area (Å²) in [6, 6.07) is 11.9. The summed E-state index contributed by atoms with van der Waals surface area (Å²) in [5.74, 6) is -0.604. The maximum absolute atomic E-state index is 12.4. The summed E-state index contributed by atoms with van der Waals surface area (Å²) in [5, 5.41) is 11.1. The monoisotopic (exact) mass is 451 g/mol. The van der Waals surface area contributed by atoms with Crippen molar-refractivity contribution in [2.75, 3.05) is 0 Å². The topological polar surface area (TPSA) is 57.6 Å². The Hall–Kier alpha value is -2.27. The molecule has 0 aliphatic rings. The van der Waals surface area contributed by atoms with Crippen LogP contribution in [0.25, 0.3) is 6.08 Å². The fraction of sp³-hybridized carbons (Fsp3) is 0.182. The Morgan fingerprint density at radius 3 is 2.31 bits per heavy atom. The zero-order chi connectivity index (χ0) is 21.4. The molecule has 7 heteroatoms. The molecular weight excluding hydrogens is 433 g/mol. The van der Waals surface area contributed by atoms with Crippen LogP contribution in [0.2, 0.25) is 15.1 Å². The van der Waals surface area contributed by atoms with Gasteiger partial charge in [0.05, 0.1) is 0 Å². The zero-order valence-electron chi connectivity index (χ0n) is 15.7. The highest BCUT2D eigenvalue weighted by atomic mass is 35.5. The number of allylic oxidation sites excluding steroid dienone is 2. The Morgan fingerprint density at radius 2 is 1.69 bits per heavy atom. The Bertz CT molecular complexity index is 923. The minimum Gasteiger partial charge on any atom is -0.465 e. The number of aryl methyl sites for hydroxylation is 1. The van der Waals surface area contributed by atoms with Crippen molar-refractivity contribution >= 4 is 52.9 Å². The maximum atomic E-state index is 12.4. The molecule has 2 amide bonds. The second-order valence-electron chi connectivity index (χ2n) is 6.39. The van der Waals surface area contributed by atoms with Crippen LogP contribution in [0.1, 0.15) is 24.5 Å². The Kier molecular flexibility index (Phi) is 8.77. The Balaban J connectivity index is 1.98. The fourth-order valence-corrected chi connectivity index (χ4v) is 3.27. The smallest absolute Gasteiger partial charge is 0.414 e. The number of hydrogen-bond acceptors (Lipinski definition) is 2. The van der Waals surface area contributed by atoms with Crippen LogP contribution in [0.5, 0.6) is 0 Å². The van der Waals surface area contributed by atoms with Crippen LogP contribution in [-0.2, 0) is 11.2 Å². The first kappa shape index (κ1) is 23.0. The van der Waals surface area contributed by atoms with Crippen LogP contribution in [-0.4, -0.2) is 28.0 Å². The highest BCUT2D eigenvalue weighted by Gasteiger charge is 2.24. The normalized spacial score (nSPS) is 12.4. The van der Waals surface area contributed by atoms with E-state index in [1.54, 1.807) is 49.4 Å². The lowest BCUT2D eigenvalue weighted by molar-refractivity contribution is -0.125. The number of nitrogens with zero attached hydrogens (tertiary/aromatic N) is 1. The first-order valence-corrected chi connectivity index (χ1v) is 10.0. The third kappa shape index (κ3) is 7.24. The predicted octanol–water partition coefficient (Wildman–Crippen LogP) is 6.74. The Labute approximate surface area is 185 Å². The highest BCUT2D eigenvalue weighted by Crippen LogP contribution is 2.22. The number of amides is 2. The van der Waals surface area contributed by atoms with Gasteiger partial charge in [0, 0.05) is 27.2 Å². The molecule has 0 saturated heterocycles. The standard InChI is InChI=1S/C22H20Cl3NO3/c1-15(6-7-16-8-11-18(23)12-9-16)26(22(28)29)21(27)5-3-2-4-17-10-13-19(24)14-20(17)25/h2-5,8-15H,6-7H2,1H3,(H,28,29). The first-order valence-electron chi connectivity index (χ1n) is 8.88. The van der Waals surface area contributed by atoms with E-state index >= 15 is 0 Å². The molecule has 0 aromatic heterocycles. The quantitative estimate of drug-likeness (QED) is 0.373. The molecule has 0 bridgehead atoms. The van der Waals surface area contributed by atoms with E-state index in [4.69, 9.17) is 34.8 Å². The fourth-order valence-electron chi connectivity index (χ4n) is 2.67. The van der Waals surface area contributed by atoms with Crippen molar-refractivity contribution in [1.82, 2.24) is 4.90 Å². The van der Waals surface area contributed by atoms with Gasteiger partial charge in [-0.25, -0.2) is 9.69 Å². The van der Waals surface area contributed by atoms with E-state index in [0.29, 0.717) is 27.9 Å². The zero-order valence-corrected chi connectivity index (χ0v) is 18.0. The number of hydrogen-bond donors (Lipinski definition) is 1. The molecule has 0 saturated carbocycles. The first-order chi connectivity index (χ1) is 13.8. The largest absolute Gasteiger partial charge is 0.465 e.